The number of hydrogen-bond acceptors (Lipinski definition) is 3. The van der Waals surface area contributed by atoms with Gasteiger partial charge in [-0.3, -0.25) is 9.78 Å². The lowest BCUT2D eigenvalue weighted by molar-refractivity contribution is 0.0874. The van der Waals surface area contributed by atoms with Crippen molar-refractivity contribution in [3.63, 3.8) is 0 Å². The molecule has 108 valence electrons. The number of aromatic nitrogens is 2. The predicted molar refractivity (Wildman–Crippen MR) is 77.3 cm³/mol. The van der Waals surface area contributed by atoms with Crippen molar-refractivity contribution < 1.29 is 4.79 Å². The molecule has 1 heterocycles. The van der Waals surface area contributed by atoms with Gasteiger partial charge in [-0.15, -0.1) is 0 Å². The minimum absolute atomic E-state index is 0.0724. The van der Waals surface area contributed by atoms with E-state index in [-0.39, 0.29) is 5.91 Å². The number of aryl methyl sites for hydroxylation is 1. The van der Waals surface area contributed by atoms with E-state index in [4.69, 9.17) is 0 Å². The lowest BCUT2D eigenvalue weighted by Gasteiger charge is -2.39. The third-order valence-corrected chi connectivity index (χ3v) is 4.89. The molecule has 3 rings (SSSR count). The first-order valence-corrected chi connectivity index (χ1v) is 7.82. The zero-order chi connectivity index (χ0) is 13.9. The first kappa shape index (κ1) is 13.5. The topological polar surface area (TPSA) is 54.9 Å². The summed E-state index contributed by atoms with van der Waals surface area (Å²) in [5, 5.41) is 3.15. The quantitative estimate of drug-likeness (QED) is 0.901. The molecule has 0 saturated heterocycles. The van der Waals surface area contributed by atoms with E-state index in [9.17, 15) is 4.79 Å². The smallest absolute Gasteiger partial charge is 0.271 e. The molecule has 1 N–H and O–H groups in total. The molecule has 0 radical (unpaired) electrons. The van der Waals surface area contributed by atoms with Crippen molar-refractivity contribution in [3.8, 4) is 0 Å². The Morgan fingerprint density at radius 2 is 1.90 bits per heavy atom. The maximum absolute atomic E-state index is 12.2. The Bertz CT molecular complexity index is 471. The summed E-state index contributed by atoms with van der Waals surface area (Å²) in [5.41, 5.74) is 1.27. The van der Waals surface area contributed by atoms with Crippen molar-refractivity contribution >= 4 is 5.91 Å². The van der Waals surface area contributed by atoms with E-state index in [2.05, 4.69) is 15.3 Å². The van der Waals surface area contributed by atoms with Crippen LogP contribution in [0.15, 0.2) is 12.4 Å². The summed E-state index contributed by atoms with van der Waals surface area (Å²) in [7, 11) is 0. The van der Waals surface area contributed by atoms with E-state index >= 15 is 0 Å². The molecule has 0 aromatic carbocycles. The molecule has 2 fully saturated rings. The minimum Gasteiger partial charge on any atom is -0.348 e. The van der Waals surface area contributed by atoms with E-state index in [1.807, 2.05) is 6.92 Å². The third-order valence-electron chi connectivity index (χ3n) is 4.89. The largest absolute Gasteiger partial charge is 0.348 e. The van der Waals surface area contributed by atoms with Gasteiger partial charge in [0.25, 0.3) is 5.91 Å². The summed E-state index contributed by atoms with van der Waals surface area (Å²) in [6.45, 7) is 1.87. The maximum Gasteiger partial charge on any atom is 0.271 e. The fourth-order valence-corrected chi connectivity index (χ4v) is 3.77. The highest BCUT2D eigenvalue weighted by atomic mass is 16.1. The van der Waals surface area contributed by atoms with Crippen LogP contribution >= 0.6 is 0 Å². The molecule has 4 nitrogen and oxygen atoms in total. The van der Waals surface area contributed by atoms with Crippen molar-refractivity contribution in [2.75, 3.05) is 0 Å². The average Bonchev–Trinajstić information content (AvgIpc) is 2.48. The standard InChI is InChI=1S/C16H23N3O/c1-11-9-18-15(10-17-11)16(20)19-14-7-6-12-4-2-3-5-13(12)8-14/h9-10,12-14H,2-8H2,1H3,(H,19,20)/t12-,13-,14+/m0/s1. The number of hydrogen-bond donors (Lipinski definition) is 1. The molecule has 1 amide bonds. The number of carbonyl (C=O) groups excluding carboxylic acids is 1. The van der Waals surface area contributed by atoms with Crippen LogP contribution in [0.2, 0.25) is 0 Å². The van der Waals surface area contributed by atoms with Crippen LogP contribution < -0.4 is 5.32 Å². The second kappa shape index (κ2) is 5.90. The Hall–Kier alpha value is -1.45. The first-order valence-electron chi connectivity index (χ1n) is 7.82. The number of fused-ring (bicyclic) bond motifs is 1. The highest BCUT2D eigenvalue weighted by molar-refractivity contribution is 5.92. The van der Waals surface area contributed by atoms with Gasteiger partial charge in [0, 0.05) is 12.2 Å². The second-order valence-electron chi connectivity index (χ2n) is 6.33. The molecule has 2 saturated carbocycles. The minimum atomic E-state index is -0.0724. The molecule has 3 atom stereocenters. The van der Waals surface area contributed by atoms with Gasteiger partial charge in [-0.2, -0.15) is 0 Å². The third kappa shape index (κ3) is 3.00. The van der Waals surface area contributed by atoms with Crippen LogP contribution in [-0.4, -0.2) is 21.9 Å². The van der Waals surface area contributed by atoms with Crippen molar-refractivity contribution in [1.29, 1.82) is 0 Å². The van der Waals surface area contributed by atoms with Crippen LogP contribution in [-0.2, 0) is 0 Å². The molecule has 20 heavy (non-hydrogen) atoms. The fourth-order valence-electron chi connectivity index (χ4n) is 3.77. The van der Waals surface area contributed by atoms with Gasteiger partial charge in [-0.1, -0.05) is 25.7 Å². The molecule has 0 bridgehead atoms. The molecule has 2 aliphatic carbocycles. The second-order valence-corrected chi connectivity index (χ2v) is 6.33. The van der Waals surface area contributed by atoms with Crippen LogP contribution in [0.1, 0.15) is 61.1 Å². The van der Waals surface area contributed by atoms with Gasteiger partial charge in [-0.25, -0.2) is 4.98 Å². The normalized spacial score (nSPS) is 29.6. The van der Waals surface area contributed by atoms with Crippen LogP contribution in [0, 0.1) is 18.8 Å². The summed E-state index contributed by atoms with van der Waals surface area (Å²) in [6.07, 6.45) is 12.3. The molecule has 1 aromatic heterocycles. The fraction of sp³-hybridized carbons (Fsp3) is 0.688. The summed E-state index contributed by atoms with van der Waals surface area (Å²) in [6, 6.07) is 0.324. The summed E-state index contributed by atoms with van der Waals surface area (Å²) in [5.74, 6) is 1.67. The summed E-state index contributed by atoms with van der Waals surface area (Å²) in [4.78, 5) is 20.5. The average molecular weight is 273 g/mol. The van der Waals surface area contributed by atoms with E-state index in [0.29, 0.717) is 11.7 Å². The van der Waals surface area contributed by atoms with Crippen molar-refractivity contribution in [3.05, 3.63) is 23.8 Å². The lowest BCUT2D eigenvalue weighted by atomic mass is 9.69. The first-order chi connectivity index (χ1) is 9.72. The van der Waals surface area contributed by atoms with E-state index in [1.54, 1.807) is 12.4 Å². The summed E-state index contributed by atoms with van der Waals surface area (Å²) < 4.78 is 0. The van der Waals surface area contributed by atoms with E-state index in [0.717, 1.165) is 30.4 Å². The monoisotopic (exact) mass is 273 g/mol. The van der Waals surface area contributed by atoms with E-state index in [1.165, 1.54) is 32.1 Å². The van der Waals surface area contributed by atoms with Gasteiger partial charge in [0.05, 0.1) is 11.9 Å². The van der Waals surface area contributed by atoms with Crippen LogP contribution in [0.3, 0.4) is 0 Å². The van der Waals surface area contributed by atoms with Gasteiger partial charge in [0.2, 0.25) is 0 Å². The molecule has 0 spiro atoms. The molecule has 0 unspecified atom stereocenters. The van der Waals surface area contributed by atoms with Gasteiger partial charge in [0.1, 0.15) is 5.69 Å². The van der Waals surface area contributed by atoms with Gasteiger partial charge in [-0.05, 0) is 38.0 Å². The van der Waals surface area contributed by atoms with Gasteiger partial charge >= 0.3 is 0 Å². The lowest BCUT2D eigenvalue weighted by Crippen LogP contribution is -2.41. The number of carbonyl (C=O) groups is 1. The molecule has 4 heteroatoms. The Morgan fingerprint density at radius 1 is 1.10 bits per heavy atom. The molecule has 1 aromatic rings. The number of nitrogens with one attached hydrogen (secondary N) is 1. The summed E-state index contributed by atoms with van der Waals surface area (Å²) >= 11 is 0. The van der Waals surface area contributed by atoms with Crippen molar-refractivity contribution in [1.82, 2.24) is 15.3 Å². The van der Waals surface area contributed by atoms with Gasteiger partial charge < -0.3 is 5.32 Å². The van der Waals surface area contributed by atoms with Crippen LogP contribution in [0.5, 0.6) is 0 Å². The Labute approximate surface area is 120 Å². The van der Waals surface area contributed by atoms with Gasteiger partial charge in [0.15, 0.2) is 0 Å². The zero-order valence-electron chi connectivity index (χ0n) is 12.1. The Morgan fingerprint density at radius 3 is 2.65 bits per heavy atom. The highest BCUT2D eigenvalue weighted by Gasteiger charge is 2.32. The molecule has 2 aliphatic rings. The van der Waals surface area contributed by atoms with Crippen LogP contribution in [0.25, 0.3) is 0 Å². The van der Waals surface area contributed by atoms with Crippen molar-refractivity contribution in [2.45, 2.75) is 57.9 Å². The van der Waals surface area contributed by atoms with Crippen molar-refractivity contribution in [2.24, 2.45) is 11.8 Å². The molecular formula is C16H23N3O. The predicted octanol–water partition coefficient (Wildman–Crippen LogP) is 2.87. The van der Waals surface area contributed by atoms with Crippen LogP contribution in [0.4, 0.5) is 0 Å². The number of rotatable bonds is 2. The number of amides is 1. The molecule has 0 aliphatic heterocycles. The zero-order valence-corrected chi connectivity index (χ0v) is 12.1. The molecular weight excluding hydrogens is 250 g/mol. The Balaban J connectivity index is 1.58. The highest BCUT2D eigenvalue weighted by Crippen LogP contribution is 2.40. The SMILES string of the molecule is Cc1cnc(C(=O)N[C@@H]2CC[C@@H]3CCCC[C@H]3C2)cn1. The Kier molecular flexibility index (Phi) is 3.99. The maximum atomic E-state index is 12.2. The van der Waals surface area contributed by atoms with E-state index < -0.39 is 0 Å². The number of nitrogens with zero attached hydrogens (tertiary/aromatic N) is 2.